The fraction of sp³-hybridized carbons (Fsp3) is 0.500. The van der Waals surface area contributed by atoms with Crippen molar-refractivity contribution < 1.29 is 9.26 Å². The molecule has 0 radical (unpaired) electrons. The summed E-state index contributed by atoms with van der Waals surface area (Å²) in [4.78, 5) is 4.59. The maximum Gasteiger partial charge on any atom is 0.231 e. The number of benzene rings is 1. The van der Waals surface area contributed by atoms with E-state index in [0.29, 0.717) is 23.6 Å². The number of nitrogens with zero attached hydrogens (tertiary/aromatic N) is 2. The van der Waals surface area contributed by atoms with Crippen molar-refractivity contribution in [2.75, 3.05) is 7.11 Å². The molecule has 1 aromatic carbocycles. The van der Waals surface area contributed by atoms with Crippen LogP contribution >= 0.6 is 0 Å². The number of hydrogen-bond donors (Lipinski definition) is 1. The summed E-state index contributed by atoms with van der Waals surface area (Å²) < 4.78 is 10.7. The van der Waals surface area contributed by atoms with Gasteiger partial charge in [0.25, 0.3) is 0 Å². The van der Waals surface area contributed by atoms with E-state index in [2.05, 4.69) is 10.1 Å². The molecule has 5 heteroatoms. The summed E-state index contributed by atoms with van der Waals surface area (Å²) >= 11 is 0. The van der Waals surface area contributed by atoms with Crippen LogP contribution in [0, 0.1) is 11.8 Å². The highest BCUT2D eigenvalue weighted by Gasteiger charge is 2.48. The Bertz CT molecular complexity index is 635. The smallest absolute Gasteiger partial charge is 0.231 e. The van der Waals surface area contributed by atoms with Crippen molar-refractivity contribution in [1.82, 2.24) is 10.1 Å². The molecule has 1 heterocycles. The number of methoxy groups -OCH3 is 1. The fourth-order valence-electron chi connectivity index (χ4n) is 3.93. The second kappa shape index (κ2) is 4.84. The zero-order valence-corrected chi connectivity index (χ0v) is 12.0. The monoisotopic (exact) mass is 285 g/mol. The van der Waals surface area contributed by atoms with E-state index < -0.39 is 0 Å². The van der Waals surface area contributed by atoms with Gasteiger partial charge in [0, 0.05) is 11.6 Å². The first-order valence-corrected chi connectivity index (χ1v) is 7.50. The quantitative estimate of drug-likeness (QED) is 0.938. The van der Waals surface area contributed by atoms with E-state index in [1.165, 1.54) is 19.3 Å². The van der Waals surface area contributed by atoms with Crippen LogP contribution in [0.5, 0.6) is 5.75 Å². The molecule has 110 valence electrons. The predicted molar refractivity (Wildman–Crippen MR) is 77.8 cm³/mol. The van der Waals surface area contributed by atoms with Gasteiger partial charge in [0.05, 0.1) is 13.0 Å². The van der Waals surface area contributed by atoms with Gasteiger partial charge in [-0.2, -0.15) is 4.98 Å². The van der Waals surface area contributed by atoms with Gasteiger partial charge < -0.3 is 15.0 Å². The first-order chi connectivity index (χ1) is 10.3. The van der Waals surface area contributed by atoms with Crippen molar-refractivity contribution >= 4 is 0 Å². The number of rotatable bonds is 3. The van der Waals surface area contributed by atoms with Crippen LogP contribution in [0.3, 0.4) is 0 Å². The zero-order valence-electron chi connectivity index (χ0n) is 12.0. The molecule has 2 aliphatic rings. The highest BCUT2D eigenvalue weighted by atomic mass is 16.5. The van der Waals surface area contributed by atoms with E-state index in [4.69, 9.17) is 15.0 Å². The Morgan fingerprint density at radius 1 is 1.19 bits per heavy atom. The molecule has 0 aliphatic heterocycles. The Kier molecular flexibility index (Phi) is 2.96. The molecule has 2 saturated carbocycles. The second-order valence-corrected chi connectivity index (χ2v) is 6.12. The molecule has 2 aromatic rings. The average molecular weight is 285 g/mol. The van der Waals surface area contributed by atoms with Crippen molar-refractivity contribution in [3.05, 3.63) is 30.2 Å². The van der Waals surface area contributed by atoms with Gasteiger partial charge in [-0.3, -0.25) is 0 Å². The number of hydrogen-bond acceptors (Lipinski definition) is 5. The van der Waals surface area contributed by atoms with Crippen molar-refractivity contribution in [3.8, 4) is 17.1 Å². The predicted octanol–water partition coefficient (Wildman–Crippen LogP) is 2.59. The van der Waals surface area contributed by atoms with E-state index >= 15 is 0 Å². The van der Waals surface area contributed by atoms with Crippen LogP contribution < -0.4 is 10.5 Å². The summed E-state index contributed by atoms with van der Waals surface area (Å²) in [5, 5.41) is 4.12. The number of ether oxygens (including phenoxy) is 1. The molecule has 0 saturated heterocycles. The molecule has 2 bridgehead atoms. The minimum atomic E-state index is 0.174. The third-order valence-electron chi connectivity index (χ3n) is 5.06. The summed E-state index contributed by atoms with van der Waals surface area (Å²) in [7, 11) is 1.65. The van der Waals surface area contributed by atoms with Gasteiger partial charge in [0.1, 0.15) is 5.75 Å². The van der Waals surface area contributed by atoms with Gasteiger partial charge in [-0.15, -0.1) is 0 Å². The zero-order chi connectivity index (χ0) is 14.4. The molecule has 0 amide bonds. The summed E-state index contributed by atoms with van der Waals surface area (Å²) in [5.74, 6) is 3.65. The molecule has 2 aliphatic carbocycles. The maximum atomic E-state index is 6.34. The lowest BCUT2D eigenvalue weighted by atomic mass is 9.85. The largest absolute Gasteiger partial charge is 0.497 e. The van der Waals surface area contributed by atoms with Crippen LogP contribution in [0.25, 0.3) is 11.4 Å². The van der Waals surface area contributed by atoms with Crippen LogP contribution in [0.1, 0.15) is 31.1 Å². The SMILES string of the molecule is COc1ccc(-c2noc(C3C4CCC(C4)C3N)n2)cc1. The highest BCUT2D eigenvalue weighted by molar-refractivity contribution is 5.55. The molecule has 4 unspecified atom stereocenters. The summed E-state index contributed by atoms with van der Waals surface area (Å²) in [6.45, 7) is 0. The Morgan fingerprint density at radius 2 is 1.95 bits per heavy atom. The maximum absolute atomic E-state index is 6.34. The summed E-state index contributed by atoms with van der Waals surface area (Å²) in [6.07, 6.45) is 3.71. The Morgan fingerprint density at radius 3 is 2.62 bits per heavy atom. The number of aromatic nitrogens is 2. The van der Waals surface area contributed by atoms with Gasteiger partial charge >= 0.3 is 0 Å². The molecular weight excluding hydrogens is 266 g/mol. The normalized spacial score (nSPS) is 30.8. The Balaban J connectivity index is 1.60. The van der Waals surface area contributed by atoms with Gasteiger partial charge in [-0.1, -0.05) is 5.16 Å². The van der Waals surface area contributed by atoms with Crippen LogP contribution in [-0.4, -0.2) is 23.3 Å². The third kappa shape index (κ3) is 2.03. The molecule has 2 fully saturated rings. The third-order valence-corrected chi connectivity index (χ3v) is 5.06. The molecule has 5 nitrogen and oxygen atoms in total. The molecular formula is C16H19N3O2. The van der Waals surface area contributed by atoms with Crippen LogP contribution in [0.15, 0.2) is 28.8 Å². The van der Waals surface area contributed by atoms with E-state index in [-0.39, 0.29) is 12.0 Å². The average Bonchev–Trinajstić information content (AvgIpc) is 3.22. The molecule has 21 heavy (non-hydrogen) atoms. The Labute approximate surface area is 123 Å². The van der Waals surface area contributed by atoms with Gasteiger partial charge in [0.15, 0.2) is 0 Å². The van der Waals surface area contributed by atoms with Crippen molar-refractivity contribution in [1.29, 1.82) is 0 Å². The first-order valence-electron chi connectivity index (χ1n) is 7.50. The van der Waals surface area contributed by atoms with Crippen LogP contribution in [0.2, 0.25) is 0 Å². The van der Waals surface area contributed by atoms with E-state index in [0.717, 1.165) is 11.3 Å². The van der Waals surface area contributed by atoms with Crippen LogP contribution in [0.4, 0.5) is 0 Å². The molecule has 2 N–H and O–H groups in total. The van der Waals surface area contributed by atoms with Gasteiger partial charge in [-0.25, -0.2) is 0 Å². The molecule has 4 atom stereocenters. The second-order valence-electron chi connectivity index (χ2n) is 6.12. The lowest BCUT2D eigenvalue weighted by molar-refractivity contribution is 0.279. The lowest BCUT2D eigenvalue weighted by Crippen LogP contribution is -2.34. The molecule has 4 rings (SSSR count). The fourth-order valence-corrected chi connectivity index (χ4v) is 3.93. The van der Waals surface area contributed by atoms with Gasteiger partial charge in [0.2, 0.25) is 11.7 Å². The van der Waals surface area contributed by atoms with E-state index in [1.807, 2.05) is 24.3 Å². The van der Waals surface area contributed by atoms with Crippen molar-refractivity contribution in [3.63, 3.8) is 0 Å². The highest BCUT2D eigenvalue weighted by Crippen LogP contribution is 2.51. The summed E-state index contributed by atoms with van der Waals surface area (Å²) in [5.41, 5.74) is 7.27. The van der Waals surface area contributed by atoms with E-state index in [1.54, 1.807) is 7.11 Å². The van der Waals surface area contributed by atoms with Crippen molar-refractivity contribution in [2.45, 2.75) is 31.2 Å². The summed E-state index contributed by atoms with van der Waals surface area (Å²) in [6, 6.07) is 7.85. The molecule has 1 aromatic heterocycles. The standard InChI is InChI=1S/C16H19N3O2/c1-20-12-6-4-9(5-7-12)15-18-16(21-19-15)13-10-2-3-11(8-10)14(13)17/h4-7,10-11,13-14H,2-3,8,17H2,1H3. The topological polar surface area (TPSA) is 74.2 Å². The van der Waals surface area contributed by atoms with E-state index in [9.17, 15) is 0 Å². The van der Waals surface area contributed by atoms with Crippen molar-refractivity contribution in [2.24, 2.45) is 17.6 Å². The lowest BCUT2D eigenvalue weighted by Gasteiger charge is -2.24. The number of fused-ring (bicyclic) bond motifs is 2. The van der Waals surface area contributed by atoms with Gasteiger partial charge in [-0.05, 0) is 55.4 Å². The minimum Gasteiger partial charge on any atom is -0.497 e. The Hall–Kier alpha value is -1.88. The molecule has 0 spiro atoms. The minimum absolute atomic E-state index is 0.174. The van der Waals surface area contributed by atoms with Crippen LogP contribution in [-0.2, 0) is 0 Å². The number of nitrogens with two attached hydrogens (primary N) is 1. The first kappa shape index (κ1) is 12.8.